The zero-order chi connectivity index (χ0) is 19.4. The normalized spacial score (nSPS) is 11.3. The van der Waals surface area contributed by atoms with Gasteiger partial charge in [0, 0.05) is 5.69 Å². The summed E-state index contributed by atoms with van der Waals surface area (Å²) in [6.07, 6.45) is 0. The third-order valence-corrected chi connectivity index (χ3v) is 4.73. The van der Waals surface area contributed by atoms with Gasteiger partial charge in [-0.1, -0.05) is 18.7 Å². The van der Waals surface area contributed by atoms with E-state index in [1.807, 2.05) is 37.3 Å². The smallest absolute Gasteiger partial charge is 0.284 e. The molecule has 0 aliphatic rings. The van der Waals surface area contributed by atoms with Crippen LogP contribution in [0.15, 0.2) is 60.0 Å². The molecule has 3 rings (SSSR count). The van der Waals surface area contributed by atoms with Crippen molar-refractivity contribution >= 4 is 38.9 Å². The molecule has 3 aromatic rings. The number of amides is 1. The highest BCUT2D eigenvalue weighted by molar-refractivity contribution is 7.20. The number of nitrogens with zero attached hydrogens (tertiary/aromatic N) is 2. The molecule has 0 bridgehead atoms. The molecule has 7 nitrogen and oxygen atoms in total. The van der Waals surface area contributed by atoms with Gasteiger partial charge in [0.1, 0.15) is 11.6 Å². The largest absolute Gasteiger partial charge is 0.497 e. The van der Waals surface area contributed by atoms with E-state index in [4.69, 9.17) is 10.5 Å². The molecule has 8 heteroatoms. The van der Waals surface area contributed by atoms with Crippen molar-refractivity contribution in [1.29, 1.82) is 0 Å². The molecule has 138 valence electrons. The van der Waals surface area contributed by atoms with Crippen molar-refractivity contribution in [3.05, 3.63) is 65.4 Å². The molecule has 4 N–H and O–H groups in total. The lowest BCUT2D eigenvalue weighted by molar-refractivity contribution is 0.102. The van der Waals surface area contributed by atoms with Gasteiger partial charge in [0.25, 0.3) is 5.91 Å². The summed E-state index contributed by atoms with van der Waals surface area (Å²) in [5.74, 6) is 0.750. The maximum absolute atomic E-state index is 12.5. The van der Waals surface area contributed by atoms with E-state index in [2.05, 4.69) is 27.4 Å². The molecular weight excluding hydrogens is 362 g/mol. The second-order valence-corrected chi connectivity index (χ2v) is 6.75. The topological polar surface area (TPSA) is 102 Å². The number of anilines is 1. The molecule has 0 saturated heterocycles. The molecule has 0 saturated carbocycles. The highest BCUT2D eigenvalue weighted by Gasteiger charge is 2.13. The van der Waals surface area contributed by atoms with Crippen LogP contribution in [0.5, 0.6) is 5.75 Å². The summed E-state index contributed by atoms with van der Waals surface area (Å²) >= 11 is 1.32. The van der Waals surface area contributed by atoms with Gasteiger partial charge in [0.15, 0.2) is 5.01 Å². The summed E-state index contributed by atoms with van der Waals surface area (Å²) in [4.78, 5) is 16.9. The quantitative estimate of drug-likeness (QED) is 0.449. The number of methoxy groups -OCH3 is 1. The number of thiazole rings is 1. The molecule has 0 spiro atoms. The summed E-state index contributed by atoms with van der Waals surface area (Å²) in [6.45, 7) is 5.37. The molecule has 0 radical (unpaired) electrons. The Kier molecular flexibility index (Phi) is 5.37. The average Bonchev–Trinajstić information content (AvgIpc) is 3.10. The van der Waals surface area contributed by atoms with Crippen LogP contribution in [0.1, 0.15) is 22.3 Å². The number of nitrogens with one attached hydrogen (secondary N) is 2. The SMILES string of the molecule is C=C(N)N/N=C(\C)c1ccc(NC(=O)c2nc3ccc(OC)cc3s2)cc1. The lowest BCUT2D eigenvalue weighted by Gasteiger charge is -2.06. The number of benzene rings is 2. The van der Waals surface area contributed by atoms with Crippen LogP contribution in [0.2, 0.25) is 0 Å². The summed E-state index contributed by atoms with van der Waals surface area (Å²) < 4.78 is 6.10. The Morgan fingerprint density at radius 3 is 2.67 bits per heavy atom. The fourth-order valence-electron chi connectivity index (χ4n) is 2.33. The number of carbonyl (C=O) groups is 1. The second kappa shape index (κ2) is 7.88. The van der Waals surface area contributed by atoms with E-state index in [0.717, 1.165) is 27.2 Å². The van der Waals surface area contributed by atoms with E-state index in [1.165, 1.54) is 11.3 Å². The lowest BCUT2D eigenvalue weighted by Crippen LogP contribution is -2.14. The van der Waals surface area contributed by atoms with Gasteiger partial charge in [0.2, 0.25) is 0 Å². The summed E-state index contributed by atoms with van der Waals surface area (Å²) in [5.41, 5.74) is 11.1. The van der Waals surface area contributed by atoms with Gasteiger partial charge in [-0.05, 0) is 42.8 Å². The van der Waals surface area contributed by atoms with Crippen LogP contribution in [0.3, 0.4) is 0 Å². The van der Waals surface area contributed by atoms with Gasteiger partial charge in [0.05, 0.1) is 23.0 Å². The van der Waals surface area contributed by atoms with Crippen LogP contribution in [0.4, 0.5) is 5.69 Å². The summed E-state index contributed by atoms with van der Waals surface area (Å²) in [7, 11) is 1.61. The molecule has 1 heterocycles. The Hall–Kier alpha value is -3.39. The zero-order valence-electron chi connectivity index (χ0n) is 14.9. The molecule has 0 aliphatic carbocycles. The van der Waals surface area contributed by atoms with Crippen LogP contribution in [0.25, 0.3) is 10.2 Å². The van der Waals surface area contributed by atoms with Crippen molar-refractivity contribution in [2.75, 3.05) is 12.4 Å². The lowest BCUT2D eigenvalue weighted by atomic mass is 10.1. The highest BCUT2D eigenvalue weighted by Crippen LogP contribution is 2.26. The molecule has 27 heavy (non-hydrogen) atoms. The van der Waals surface area contributed by atoms with Crippen LogP contribution in [-0.4, -0.2) is 23.7 Å². The maximum atomic E-state index is 12.5. The Bertz CT molecular complexity index is 1020. The Labute approximate surface area is 160 Å². The Morgan fingerprint density at radius 1 is 1.26 bits per heavy atom. The van der Waals surface area contributed by atoms with Gasteiger partial charge in [-0.2, -0.15) is 5.10 Å². The van der Waals surface area contributed by atoms with Crippen molar-refractivity contribution < 1.29 is 9.53 Å². The monoisotopic (exact) mass is 381 g/mol. The maximum Gasteiger partial charge on any atom is 0.284 e. The molecule has 2 aromatic carbocycles. The molecule has 0 atom stereocenters. The first-order valence-corrected chi connectivity index (χ1v) is 8.89. The average molecular weight is 381 g/mol. The van der Waals surface area contributed by atoms with Crippen molar-refractivity contribution in [1.82, 2.24) is 10.4 Å². The molecule has 1 amide bonds. The number of carbonyl (C=O) groups excluding carboxylic acids is 1. The number of nitrogens with two attached hydrogens (primary N) is 1. The van der Waals surface area contributed by atoms with Crippen LogP contribution >= 0.6 is 11.3 Å². The first-order valence-electron chi connectivity index (χ1n) is 8.07. The first-order chi connectivity index (χ1) is 13.0. The van der Waals surface area contributed by atoms with E-state index in [1.54, 1.807) is 19.2 Å². The molecule has 0 fully saturated rings. The van der Waals surface area contributed by atoms with Crippen molar-refractivity contribution in [3.63, 3.8) is 0 Å². The number of hydrazone groups is 1. The van der Waals surface area contributed by atoms with Crippen molar-refractivity contribution in [2.24, 2.45) is 10.8 Å². The number of hydrogen-bond acceptors (Lipinski definition) is 7. The van der Waals surface area contributed by atoms with Crippen LogP contribution in [0, 0.1) is 0 Å². The minimum Gasteiger partial charge on any atom is -0.497 e. The fraction of sp³-hybridized carbons (Fsp3) is 0.105. The van der Waals surface area contributed by atoms with Gasteiger partial charge < -0.3 is 15.8 Å². The van der Waals surface area contributed by atoms with E-state index in [0.29, 0.717) is 10.7 Å². The standard InChI is InChI=1S/C19H19N5O2S/c1-11(23-24-12(2)20)13-4-6-14(7-5-13)21-18(25)19-22-16-9-8-15(26-3)10-17(16)27-19/h4-10,24H,2,20H2,1,3H3,(H,21,25)/b23-11+. The minimum atomic E-state index is -0.255. The van der Waals surface area contributed by atoms with E-state index >= 15 is 0 Å². The van der Waals surface area contributed by atoms with Crippen LogP contribution < -0.4 is 21.2 Å². The molecule has 0 unspecified atom stereocenters. The molecule has 0 aliphatic heterocycles. The van der Waals surface area contributed by atoms with Gasteiger partial charge in [-0.25, -0.2) is 4.98 Å². The highest BCUT2D eigenvalue weighted by atomic mass is 32.1. The first kappa shape index (κ1) is 18.4. The molecular formula is C19H19N5O2S. The van der Waals surface area contributed by atoms with Gasteiger partial charge in [-0.3, -0.25) is 10.2 Å². The predicted octanol–water partition coefficient (Wildman–Crippen LogP) is 3.30. The number of fused-ring (bicyclic) bond motifs is 1. The Balaban J connectivity index is 1.72. The van der Waals surface area contributed by atoms with Crippen molar-refractivity contribution in [3.8, 4) is 5.75 Å². The third-order valence-electron chi connectivity index (χ3n) is 3.72. The number of aromatic nitrogens is 1. The number of hydrogen-bond donors (Lipinski definition) is 3. The minimum absolute atomic E-state index is 0.255. The Morgan fingerprint density at radius 2 is 2.00 bits per heavy atom. The third kappa shape index (κ3) is 4.42. The van der Waals surface area contributed by atoms with Gasteiger partial charge >= 0.3 is 0 Å². The van der Waals surface area contributed by atoms with E-state index < -0.39 is 0 Å². The fourth-order valence-corrected chi connectivity index (χ4v) is 3.22. The molecule has 1 aromatic heterocycles. The summed E-state index contributed by atoms with van der Waals surface area (Å²) in [6, 6.07) is 12.9. The van der Waals surface area contributed by atoms with Crippen molar-refractivity contribution in [2.45, 2.75) is 6.92 Å². The van der Waals surface area contributed by atoms with E-state index in [9.17, 15) is 4.79 Å². The number of rotatable bonds is 6. The number of ether oxygens (including phenoxy) is 1. The predicted molar refractivity (Wildman–Crippen MR) is 109 cm³/mol. The second-order valence-electron chi connectivity index (χ2n) is 5.72. The van der Waals surface area contributed by atoms with Gasteiger partial charge in [-0.15, -0.1) is 11.3 Å². The van der Waals surface area contributed by atoms with Crippen LogP contribution in [-0.2, 0) is 0 Å². The van der Waals surface area contributed by atoms with E-state index in [-0.39, 0.29) is 11.7 Å². The summed E-state index contributed by atoms with van der Waals surface area (Å²) in [5, 5.41) is 7.35. The zero-order valence-corrected chi connectivity index (χ0v) is 15.8.